The lowest BCUT2D eigenvalue weighted by Crippen LogP contribution is -2.53. The zero-order chi connectivity index (χ0) is 40.4. The number of nitrogens with two attached hydrogens (primary N) is 1. The van der Waals surface area contributed by atoms with Crippen LogP contribution in [0.15, 0.2) is 114 Å². The van der Waals surface area contributed by atoms with Gasteiger partial charge in [-0.25, -0.2) is 4.79 Å². The summed E-state index contributed by atoms with van der Waals surface area (Å²) in [7, 11) is 1.49. The maximum absolute atomic E-state index is 14.7. The first-order valence-electron chi connectivity index (χ1n) is 18.5. The Bertz CT molecular complexity index is 2230. The van der Waals surface area contributed by atoms with Crippen LogP contribution in [0, 0.1) is 0 Å². The average molecular weight is 760 g/mol. The molecule has 3 atom stereocenters. The molecule has 0 saturated carbocycles. The molecule has 0 fully saturated rings. The molecule has 0 saturated heterocycles. The summed E-state index contributed by atoms with van der Waals surface area (Å²) in [6.07, 6.45) is -2.04. The highest BCUT2D eigenvalue weighted by Crippen LogP contribution is 2.21. The van der Waals surface area contributed by atoms with E-state index in [2.05, 4.69) is 15.6 Å². The van der Waals surface area contributed by atoms with Gasteiger partial charge >= 0.3 is 6.09 Å². The highest BCUT2D eigenvalue weighted by molar-refractivity contribution is 6.01. The zero-order valence-corrected chi connectivity index (χ0v) is 32.3. The summed E-state index contributed by atoms with van der Waals surface area (Å²) in [5.74, 6) is -2.29. The fourth-order valence-electron chi connectivity index (χ4n) is 6.23. The van der Waals surface area contributed by atoms with E-state index in [-0.39, 0.29) is 31.6 Å². The van der Waals surface area contributed by atoms with Gasteiger partial charge in [0.15, 0.2) is 5.84 Å². The molecule has 0 heterocycles. The molecule has 0 aliphatic carbocycles. The van der Waals surface area contributed by atoms with Crippen LogP contribution in [0.5, 0.6) is 0 Å². The van der Waals surface area contributed by atoms with Gasteiger partial charge in [-0.2, -0.15) is 4.99 Å². The van der Waals surface area contributed by atoms with Gasteiger partial charge in [0, 0.05) is 38.6 Å². The number of ether oxygens (including phenoxy) is 2. The monoisotopic (exact) mass is 759 g/mol. The first-order valence-corrected chi connectivity index (χ1v) is 18.5. The molecule has 3 unspecified atom stereocenters. The van der Waals surface area contributed by atoms with E-state index in [0.29, 0.717) is 5.56 Å². The summed E-state index contributed by atoms with van der Waals surface area (Å²) in [6.45, 7) is 7.20. The van der Waals surface area contributed by atoms with E-state index in [1.807, 2.05) is 84.9 Å². The number of amides is 4. The van der Waals surface area contributed by atoms with Crippen molar-refractivity contribution in [3.05, 3.63) is 131 Å². The summed E-state index contributed by atoms with van der Waals surface area (Å²) in [5, 5.41) is 19.8. The number of benzene rings is 5. The van der Waals surface area contributed by atoms with E-state index in [9.17, 15) is 24.3 Å². The van der Waals surface area contributed by atoms with Gasteiger partial charge in [-0.05, 0) is 78.1 Å². The number of rotatable bonds is 14. The topological polar surface area (TPSA) is 173 Å². The summed E-state index contributed by atoms with van der Waals surface area (Å²) in [5.41, 5.74) is 7.74. The number of nitrogens with one attached hydrogen (secondary N) is 2. The Kier molecular flexibility index (Phi) is 13.6. The molecule has 0 aromatic heterocycles. The largest absolute Gasteiger partial charge is 0.444 e. The number of amidine groups is 1. The number of carbonyl (C=O) groups excluding carboxylic acids is 4. The number of fused-ring (bicyclic) bond motifs is 2. The molecule has 0 radical (unpaired) electrons. The molecule has 5 aromatic rings. The fraction of sp³-hybridized carbons (Fsp3) is 0.295. The Balaban J connectivity index is 1.46. The van der Waals surface area contributed by atoms with Crippen molar-refractivity contribution >= 4 is 51.2 Å². The van der Waals surface area contributed by atoms with Crippen molar-refractivity contribution in [3.63, 3.8) is 0 Å². The Labute approximate surface area is 326 Å². The number of aliphatic imine (C=N–C) groups is 1. The first kappa shape index (κ1) is 41.1. The number of nitrogens with zero attached hydrogens (tertiary/aromatic N) is 2. The summed E-state index contributed by atoms with van der Waals surface area (Å²) >= 11 is 0. The molecule has 4 amide bonds. The number of carbonyl (C=O) groups is 4. The van der Waals surface area contributed by atoms with Gasteiger partial charge in [0.25, 0.3) is 11.8 Å². The quantitative estimate of drug-likeness (QED) is 0.0638. The number of likely N-dealkylation sites (N-methyl/N-ethyl adjacent to an activating group) is 1. The lowest BCUT2D eigenvalue weighted by molar-refractivity contribution is -0.139. The van der Waals surface area contributed by atoms with Gasteiger partial charge in [-0.1, -0.05) is 97.1 Å². The second-order valence-electron chi connectivity index (χ2n) is 14.5. The predicted molar refractivity (Wildman–Crippen MR) is 217 cm³/mol. The molecule has 5 rings (SSSR count). The number of alkyl carbamates (subject to hydrolysis) is 1. The minimum Gasteiger partial charge on any atom is -0.444 e. The van der Waals surface area contributed by atoms with E-state index in [4.69, 9.17) is 15.2 Å². The van der Waals surface area contributed by atoms with E-state index in [1.165, 1.54) is 11.9 Å². The lowest BCUT2D eigenvalue weighted by Gasteiger charge is -2.30. The van der Waals surface area contributed by atoms with Crippen LogP contribution in [0.3, 0.4) is 0 Å². The third-order valence-corrected chi connectivity index (χ3v) is 9.04. The van der Waals surface area contributed by atoms with Crippen LogP contribution >= 0.6 is 0 Å². The van der Waals surface area contributed by atoms with Crippen LogP contribution in [0.1, 0.15) is 54.7 Å². The SMILES string of the molecule is CCOC(O)C(N)=NC(=O)C(Cc1ccc2ccccc2c1)N(C)C(=O)C(Cc1ccc2ccccc2c1)NC(=O)c1cccc(CNC(=O)OC(C)(C)C)c1. The molecule has 12 heteroatoms. The maximum Gasteiger partial charge on any atom is 0.407 e. The lowest BCUT2D eigenvalue weighted by atomic mass is 9.98. The van der Waals surface area contributed by atoms with Crippen molar-refractivity contribution in [2.75, 3.05) is 13.7 Å². The third kappa shape index (κ3) is 11.2. The van der Waals surface area contributed by atoms with Crippen molar-refractivity contribution < 1.29 is 33.8 Å². The smallest absolute Gasteiger partial charge is 0.407 e. The molecular formula is C44H49N5O7. The van der Waals surface area contributed by atoms with Gasteiger partial charge in [-0.15, -0.1) is 0 Å². The molecule has 5 aromatic carbocycles. The van der Waals surface area contributed by atoms with E-state index >= 15 is 0 Å². The van der Waals surface area contributed by atoms with Crippen molar-refractivity contribution in [1.82, 2.24) is 15.5 Å². The van der Waals surface area contributed by atoms with E-state index in [0.717, 1.165) is 32.7 Å². The van der Waals surface area contributed by atoms with Gasteiger partial charge in [0.05, 0.1) is 0 Å². The van der Waals surface area contributed by atoms with Crippen molar-refractivity contribution in [2.45, 2.75) is 71.1 Å². The van der Waals surface area contributed by atoms with Crippen LogP contribution in [-0.2, 0) is 38.4 Å². The van der Waals surface area contributed by atoms with Gasteiger partial charge in [0.2, 0.25) is 12.2 Å². The standard InChI is InChI=1S/C44H49N5O7/c1-6-55-42(53)38(45)48-40(51)37(26-29-19-21-32-14-8-10-16-34(32)23-29)49(5)41(52)36(25-28-18-20-31-13-7-9-15-33(31)22-28)47-39(50)35-17-11-12-30(24-35)27-46-43(54)56-44(2,3)4/h7-24,36-37,42,53H,6,25-27H2,1-5H3,(H,46,54)(H,47,50)(H2,45,48,51). The predicted octanol–water partition coefficient (Wildman–Crippen LogP) is 5.67. The minimum absolute atomic E-state index is 0.0662. The number of aliphatic hydroxyl groups is 1. The summed E-state index contributed by atoms with van der Waals surface area (Å²) < 4.78 is 10.5. The number of hydrogen-bond acceptors (Lipinski definition) is 7. The molecule has 5 N–H and O–H groups in total. The normalized spacial score (nSPS) is 13.4. The van der Waals surface area contributed by atoms with E-state index in [1.54, 1.807) is 52.0 Å². The summed E-state index contributed by atoms with van der Waals surface area (Å²) in [6, 6.07) is 31.5. The molecule has 12 nitrogen and oxygen atoms in total. The zero-order valence-electron chi connectivity index (χ0n) is 32.3. The van der Waals surface area contributed by atoms with E-state index < -0.39 is 53.6 Å². The first-order chi connectivity index (χ1) is 26.7. The molecule has 0 spiro atoms. The highest BCUT2D eigenvalue weighted by atomic mass is 16.6. The fourth-order valence-corrected chi connectivity index (χ4v) is 6.23. The highest BCUT2D eigenvalue weighted by Gasteiger charge is 2.33. The molecule has 0 bridgehead atoms. The van der Waals surface area contributed by atoms with Gasteiger partial charge in [0.1, 0.15) is 17.7 Å². The molecular weight excluding hydrogens is 711 g/mol. The van der Waals surface area contributed by atoms with Crippen LogP contribution in [0.25, 0.3) is 21.5 Å². The Morgan fingerprint density at radius 3 is 1.96 bits per heavy atom. The molecule has 56 heavy (non-hydrogen) atoms. The molecule has 0 aliphatic heterocycles. The summed E-state index contributed by atoms with van der Waals surface area (Å²) in [4.78, 5) is 60.0. The second-order valence-corrected chi connectivity index (χ2v) is 14.5. The van der Waals surface area contributed by atoms with Crippen LogP contribution < -0.4 is 16.4 Å². The number of hydrogen-bond donors (Lipinski definition) is 4. The third-order valence-electron chi connectivity index (χ3n) is 9.04. The van der Waals surface area contributed by atoms with Gasteiger partial charge in [-0.3, -0.25) is 14.4 Å². The maximum atomic E-state index is 14.7. The Morgan fingerprint density at radius 1 is 0.786 bits per heavy atom. The average Bonchev–Trinajstić information content (AvgIpc) is 3.17. The number of aliphatic hydroxyl groups excluding tert-OH is 1. The van der Waals surface area contributed by atoms with Crippen LogP contribution in [-0.4, -0.2) is 77.3 Å². The molecule has 292 valence electrons. The van der Waals surface area contributed by atoms with Gasteiger partial charge < -0.3 is 35.8 Å². The second kappa shape index (κ2) is 18.5. The van der Waals surface area contributed by atoms with Crippen LogP contribution in [0.4, 0.5) is 4.79 Å². The Morgan fingerprint density at radius 2 is 1.38 bits per heavy atom. The van der Waals surface area contributed by atoms with Crippen molar-refractivity contribution in [1.29, 1.82) is 0 Å². The molecule has 0 aliphatic rings. The van der Waals surface area contributed by atoms with Crippen molar-refractivity contribution in [2.24, 2.45) is 10.7 Å². The van der Waals surface area contributed by atoms with Crippen LogP contribution in [0.2, 0.25) is 0 Å². The Hall–Kier alpha value is -6.11. The van der Waals surface area contributed by atoms with Crippen molar-refractivity contribution in [3.8, 4) is 0 Å². The minimum atomic E-state index is -1.61.